The van der Waals surface area contributed by atoms with Gasteiger partial charge < -0.3 is 9.47 Å². The summed E-state index contributed by atoms with van der Waals surface area (Å²) in [6, 6.07) is 116. The molecule has 0 amide bonds. The summed E-state index contributed by atoms with van der Waals surface area (Å²) in [6.07, 6.45) is 1.87. The van der Waals surface area contributed by atoms with Crippen molar-refractivity contribution in [3.63, 3.8) is 0 Å². The fourth-order valence-corrected chi connectivity index (χ4v) is 17.3. The number of rotatable bonds is 5. The second-order valence-corrected chi connectivity index (χ2v) is 25.7. The highest BCUT2D eigenvalue weighted by atomic mass is 16.5. The minimum absolute atomic E-state index is 0.540. The van der Waals surface area contributed by atoms with Crippen LogP contribution in [0.25, 0.3) is 127 Å². The largest absolute Gasteiger partial charge is 0.456 e. The maximum Gasteiger partial charge on any atom is 0.146 e. The average molecular weight is 1210 g/mol. The summed E-state index contributed by atoms with van der Waals surface area (Å²) >= 11 is 0. The number of nitrogens with zero attached hydrogens (tertiary/aromatic N) is 3. The van der Waals surface area contributed by atoms with Crippen molar-refractivity contribution in [3.05, 3.63) is 366 Å². The smallest absolute Gasteiger partial charge is 0.146 e. The monoisotopic (exact) mass is 1210 g/mol. The lowest BCUT2D eigenvalue weighted by molar-refractivity contribution is 0.438. The predicted octanol–water partition coefficient (Wildman–Crippen LogP) is 22.6. The first-order chi connectivity index (χ1) is 47.1. The summed E-state index contributed by atoms with van der Waals surface area (Å²) in [5, 5.41) is 4.53. The molecule has 95 heavy (non-hydrogen) atoms. The number of ether oxygens (including phenoxy) is 2. The van der Waals surface area contributed by atoms with E-state index < -0.39 is 10.8 Å². The number of pyridine rings is 2. The molecule has 0 saturated carbocycles. The van der Waals surface area contributed by atoms with E-state index in [9.17, 15) is 0 Å². The molecule has 440 valence electrons. The molecule has 2 aliphatic carbocycles. The fraction of sp³-hybridized carbons (Fsp3) is 0.0222. The summed E-state index contributed by atoms with van der Waals surface area (Å²) in [5.74, 6) is 3.49. The highest BCUT2D eigenvalue weighted by Gasteiger charge is 2.53. The Morgan fingerprint density at radius 3 is 1.40 bits per heavy atom. The van der Waals surface area contributed by atoms with Gasteiger partial charge in [-0.2, -0.15) is 0 Å². The van der Waals surface area contributed by atoms with E-state index in [0.29, 0.717) is 0 Å². The molecule has 14 aromatic carbocycles. The zero-order chi connectivity index (χ0) is 62.1. The zero-order valence-electron chi connectivity index (χ0n) is 51.3. The highest BCUT2D eigenvalue weighted by molar-refractivity contribution is 6.20. The molecule has 1 atom stereocenters. The summed E-state index contributed by atoms with van der Waals surface area (Å²) in [6.45, 7) is 0. The predicted molar refractivity (Wildman–Crippen MR) is 385 cm³/mol. The van der Waals surface area contributed by atoms with Crippen molar-refractivity contribution in [2.45, 2.75) is 10.8 Å². The molecule has 21 rings (SSSR count). The lowest BCUT2D eigenvalue weighted by Gasteiger charge is -2.40. The quantitative estimate of drug-likeness (QED) is 0.161. The molecule has 0 fully saturated rings. The average Bonchev–Trinajstić information content (AvgIpc) is 1.58. The Morgan fingerprint density at radius 2 is 0.747 bits per heavy atom. The Bertz CT molecular complexity index is 6130. The van der Waals surface area contributed by atoms with Crippen LogP contribution in [0, 0.1) is 0 Å². The zero-order valence-corrected chi connectivity index (χ0v) is 51.3. The van der Waals surface area contributed by atoms with Gasteiger partial charge in [-0.3, -0.25) is 9.38 Å². The fourth-order valence-electron chi connectivity index (χ4n) is 17.3. The van der Waals surface area contributed by atoms with Gasteiger partial charge >= 0.3 is 0 Å². The molecule has 5 heterocycles. The SMILES string of the molecule is c1ccc2c(c1)Oc1c(-c3ccc(-c4ccc5c6c(-c7ccc8c(c7)C7(c9ccccc9Oc9c(-c%10ccc(-c%11cccc%12cccnc%11%12)cc%10)cccc97)c7ccccc7-8)cccc6c6nc7ccccc7n6c5c4)cc3)cccc1C21c2ccccc2-c2ccccc21. The molecule has 1 unspecified atom stereocenters. The molecular formula is C90H53N3O2. The number of benzene rings is 14. The summed E-state index contributed by atoms with van der Waals surface area (Å²) in [5.41, 5.74) is 29.3. The number of imidazole rings is 1. The van der Waals surface area contributed by atoms with Crippen LogP contribution in [0.5, 0.6) is 23.0 Å². The van der Waals surface area contributed by atoms with Crippen LogP contribution >= 0.6 is 0 Å². The first kappa shape index (κ1) is 52.2. The van der Waals surface area contributed by atoms with E-state index in [0.717, 1.165) is 150 Å². The van der Waals surface area contributed by atoms with Crippen molar-refractivity contribution in [2.24, 2.45) is 0 Å². The second-order valence-electron chi connectivity index (χ2n) is 25.7. The van der Waals surface area contributed by atoms with Gasteiger partial charge in [0.2, 0.25) is 0 Å². The first-order valence-electron chi connectivity index (χ1n) is 32.7. The topological polar surface area (TPSA) is 48.7 Å². The van der Waals surface area contributed by atoms with Gasteiger partial charge in [0.05, 0.1) is 32.9 Å². The van der Waals surface area contributed by atoms with Gasteiger partial charge in [-0.05, 0) is 126 Å². The van der Waals surface area contributed by atoms with E-state index in [1.54, 1.807) is 0 Å². The standard InChI is InChI=1S/C90H53N3O2/c1-4-28-71-65(20-1)66-21-2-5-29-72(66)89(71)74-31-7-11-37-82(74)94-86-63(25-15-33-76(86)89)56-41-39-54(40-42-56)59-47-50-69-81(53-59)93-80-36-10-9-35-79(80)92-88(93)70-27-14-23-61(84(69)70)60-48-49-68-67-22-3-6-30-73(67)90(78(68)52-60)75-32-8-12-38-83(75)95-87-64(26-16-34-77(87)90)57-45-43-55(44-46-57)62-24-13-18-58-19-17-51-91-85(58)62/h1-53H. The first-order valence-corrected chi connectivity index (χ1v) is 32.7. The lowest BCUT2D eigenvalue weighted by Crippen LogP contribution is -2.32. The maximum absolute atomic E-state index is 7.25. The van der Waals surface area contributed by atoms with Gasteiger partial charge in [0, 0.05) is 66.7 Å². The van der Waals surface area contributed by atoms with Crippen molar-refractivity contribution in [1.82, 2.24) is 14.4 Å². The van der Waals surface area contributed by atoms with E-state index in [2.05, 4.69) is 314 Å². The van der Waals surface area contributed by atoms with Crippen LogP contribution in [0.4, 0.5) is 0 Å². The van der Waals surface area contributed by atoms with Crippen molar-refractivity contribution >= 4 is 49.3 Å². The Kier molecular flexibility index (Phi) is 10.7. The Morgan fingerprint density at radius 1 is 0.284 bits per heavy atom. The molecule has 5 nitrogen and oxygen atoms in total. The molecule has 4 aliphatic rings. The van der Waals surface area contributed by atoms with Crippen LogP contribution < -0.4 is 9.47 Å². The molecule has 0 radical (unpaired) electrons. The van der Waals surface area contributed by atoms with Crippen molar-refractivity contribution in [1.29, 1.82) is 0 Å². The van der Waals surface area contributed by atoms with Crippen LogP contribution in [0.2, 0.25) is 0 Å². The van der Waals surface area contributed by atoms with Crippen molar-refractivity contribution < 1.29 is 9.47 Å². The Balaban J connectivity index is 0.714. The number of fused-ring (bicyclic) bond motifs is 27. The number of para-hydroxylation sites is 7. The Labute approximate surface area is 547 Å². The second kappa shape index (κ2) is 19.5. The van der Waals surface area contributed by atoms with E-state index in [1.807, 2.05) is 12.3 Å². The van der Waals surface area contributed by atoms with Crippen LogP contribution in [-0.4, -0.2) is 14.4 Å². The van der Waals surface area contributed by atoms with Gasteiger partial charge in [0.15, 0.2) is 0 Å². The van der Waals surface area contributed by atoms with Gasteiger partial charge in [-0.1, -0.05) is 273 Å². The molecule has 17 aromatic rings. The molecule has 5 heteroatoms. The summed E-state index contributed by atoms with van der Waals surface area (Å²) in [7, 11) is 0. The van der Waals surface area contributed by atoms with E-state index in [4.69, 9.17) is 19.4 Å². The van der Waals surface area contributed by atoms with E-state index in [1.165, 1.54) is 44.5 Å². The van der Waals surface area contributed by atoms with Gasteiger partial charge in [0.25, 0.3) is 0 Å². The van der Waals surface area contributed by atoms with Crippen LogP contribution in [0.1, 0.15) is 44.5 Å². The van der Waals surface area contributed by atoms with Crippen molar-refractivity contribution in [2.75, 3.05) is 0 Å². The molecule has 2 aliphatic heterocycles. The maximum atomic E-state index is 7.25. The molecule has 2 spiro atoms. The third-order valence-electron chi connectivity index (χ3n) is 21.2. The van der Waals surface area contributed by atoms with Crippen LogP contribution in [-0.2, 0) is 10.8 Å². The Hall–Kier alpha value is -12.4. The number of hydrogen-bond donors (Lipinski definition) is 0. The van der Waals surface area contributed by atoms with Gasteiger partial charge in [0.1, 0.15) is 28.6 Å². The highest BCUT2D eigenvalue weighted by Crippen LogP contribution is 2.66. The minimum Gasteiger partial charge on any atom is -0.456 e. The third-order valence-corrected chi connectivity index (χ3v) is 21.2. The van der Waals surface area contributed by atoms with Crippen LogP contribution in [0.3, 0.4) is 0 Å². The van der Waals surface area contributed by atoms with E-state index in [-0.39, 0.29) is 0 Å². The molecule has 0 bridgehead atoms. The summed E-state index contributed by atoms with van der Waals surface area (Å²) < 4.78 is 16.7. The molecule has 3 aromatic heterocycles. The van der Waals surface area contributed by atoms with Crippen LogP contribution in [0.15, 0.2) is 322 Å². The summed E-state index contributed by atoms with van der Waals surface area (Å²) in [4.78, 5) is 10.3. The van der Waals surface area contributed by atoms with E-state index >= 15 is 0 Å². The molecule has 0 saturated heterocycles. The third kappa shape index (κ3) is 7.05. The normalized spacial score (nSPS) is 14.8. The number of hydrogen-bond acceptors (Lipinski definition) is 4. The molecule has 0 N–H and O–H groups in total. The number of aromatic nitrogens is 3. The van der Waals surface area contributed by atoms with Gasteiger partial charge in [-0.15, -0.1) is 0 Å². The van der Waals surface area contributed by atoms with Gasteiger partial charge in [-0.25, -0.2) is 4.98 Å². The lowest BCUT2D eigenvalue weighted by atomic mass is 9.65. The minimum atomic E-state index is -0.712. The van der Waals surface area contributed by atoms with Crippen molar-refractivity contribution in [3.8, 4) is 101 Å². The molecular weight excluding hydrogens is 1160 g/mol.